The Morgan fingerprint density at radius 3 is 2.11 bits per heavy atom. The quantitative estimate of drug-likeness (QED) is 0.276. The molecule has 0 saturated heterocycles. The highest BCUT2D eigenvalue weighted by Crippen LogP contribution is 2.34. The van der Waals surface area contributed by atoms with Crippen LogP contribution in [0, 0.1) is 0 Å². The lowest BCUT2D eigenvalue weighted by molar-refractivity contribution is 0.0981. The number of fused-ring (bicyclic) bond motifs is 1. The Morgan fingerprint density at radius 1 is 0.811 bits per heavy atom. The molecule has 196 valence electrons. The molecule has 1 amide bonds. The van der Waals surface area contributed by atoms with Gasteiger partial charge in [-0.3, -0.25) is 4.79 Å². The van der Waals surface area contributed by atoms with Gasteiger partial charge in [-0.1, -0.05) is 68.7 Å². The van der Waals surface area contributed by atoms with E-state index in [1.165, 1.54) is 5.56 Å². The Kier molecular flexibility index (Phi) is 9.52. The molecule has 3 aromatic rings. The summed E-state index contributed by atoms with van der Waals surface area (Å²) in [5.41, 5.74) is 4.88. The van der Waals surface area contributed by atoms with Crippen molar-refractivity contribution in [3.8, 4) is 22.6 Å². The van der Waals surface area contributed by atoms with Gasteiger partial charge in [0.25, 0.3) is 5.91 Å². The molecule has 1 heterocycles. The van der Waals surface area contributed by atoms with Crippen molar-refractivity contribution < 1.29 is 22.7 Å². The summed E-state index contributed by atoms with van der Waals surface area (Å²) in [4.78, 5) is 12.4. The number of amides is 1. The molecule has 1 N–H and O–H groups in total. The molecule has 3 aromatic carbocycles. The van der Waals surface area contributed by atoms with Gasteiger partial charge in [-0.15, -0.1) is 0 Å². The van der Waals surface area contributed by atoms with Crippen LogP contribution < -0.4 is 14.2 Å². The Bertz CT molecular complexity index is 1290. The molecule has 0 aromatic heterocycles. The van der Waals surface area contributed by atoms with Crippen molar-refractivity contribution >= 4 is 27.7 Å². The third-order valence-corrected chi connectivity index (χ3v) is 8.50. The maximum absolute atomic E-state index is 12.4. The molecule has 1 aliphatic rings. The maximum Gasteiger partial charge on any atom is 0.264 e. The average Bonchev–Trinajstić information content (AvgIpc) is 2.91. The van der Waals surface area contributed by atoms with Gasteiger partial charge >= 0.3 is 0 Å². The van der Waals surface area contributed by atoms with Gasteiger partial charge in [0.2, 0.25) is 10.0 Å². The second kappa shape index (κ2) is 13.0. The number of carbonyl (C=O) groups excluding carboxylic acids is 1. The van der Waals surface area contributed by atoms with Gasteiger partial charge in [0, 0.05) is 17.1 Å². The van der Waals surface area contributed by atoms with Gasteiger partial charge in [-0.05, 0) is 52.9 Å². The number of thioether (sulfide) groups is 1. The van der Waals surface area contributed by atoms with Crippen LogP contribution in [0.2, 0.25) is 0 Å². The number of rotatable bonds is 12. The Morgan fingerprint density at radius 2 is 1.43 bits per heavy atom. The SMILES string of the molecule is CCCCCCS(=O)(=O)NC(=O)c1ccc(CSCc2ccc(-c3ccc4c(c3)OCCO4)cc2)cc1. The predicted molar refractivity (Wildman–Crippen MR) is 150 cm³/mol. The first-order chi connectivity index (χ1) is 17.9. The highest BCUT2D eigenvalue weighted by molar-refractivity contribution is 7.97. The first-order valence-electron chi connectivity index (χ1n) is 12.6. The minimum absolute atomic E-state index is 0.0227. The van der Waals surface area contributed by atoms with Gasteiger partial charge in [0.15, 0.2) is 11.5 Å². The van der Waals surface area contributed by atoms with Crippen molar-refractivity contribution in [3.05, 3.63) is 83.4 Å². The van der Waals surface area contributed by atoms with E-state index < -0.39 is 15.9 Å². The summed E-state index contributed by atoms with van der Waals surface area (Å²) in [5, 5.41) is 0. The second-order valence-corrected chi connectivity index (χ2v) is 11.9. The number of unbranched alkanes of at least 4 members (excludes halogenated alkanes) is 3. The lowest BCUT2D eigenvalue weighted by atomic mass is 10.0. The average molecular weight is 540 g/mol. The van der Waals surface area contributed by atoms with Crippen LogP contribution in [-0.4, -0.2) is 33.3 Å². The van der Waals surface area contributed by atoms with Crippen LogP contribution in [0.4, 0.5) is 0 Å². The zero-order valence-electron chi connectivity index (χ0n) is 21.1. The number of ether oxygens (including phenoxy) is 2. The number of nitrogens with one attached hydrogen (secondary N) is 1. The molecular formula is C29H33NO5S2. The van der Waals surface area contributed by atoms with Gasteiger partial charge in [-0.25, -0.2) is 13.1 Å². The molecule has 0 atom stereocenters. The van der Waals surface area contributed by atoms with Crippen molar-refractivity contribution in [1.82, 2.24) is 4.72 Å². The van der Waals surface area contributed by atoms with Gasteiger partial charge in [0.1, 0.15) is 13.2 Å². The van der Waals surface area contributed by atoms with Crippen molar-refractivity contribution in [2.75, 3.05) is 19.0 Å². The number of sulfonamides is 1. The topological polar surface area (TPSA) is 81.7 Å². The van der Waals surface area contributed by atoms with Crippen LogP contribution >= 0.6 is 11.8 Å². The fraction of sp³-hybridized carbons (Fsp3) is 0.345. The molecule has 0 radical (unpaired) electrons. The third-order valence-electron chi connectivity index (χ3n) is 6.10. The molecule has 0 saturated carbocycles. The van der Waals surface area contributed by atoms with E-state index in [-0.39, 0.29) is 5.75 Å². The van der Waals surface area contributed by atoms with Crippen LogP contribution in [0.25, 0.3) is 11.1 Å². The van der Waals surface area contributed by atoms with Crippen LogP contribution in [0.15, 0.2) is 66.7 Å². The largest absolute Gasteiger partial charge is 0.486 e. The molecule has 0 spiro atoms. The lowest BCUT2D eigenvalue weighted by Gasteiger charge is -2.19. The lowest BCUT2D eigenvalue weighted by Crippen LogP contribution is -2.32. The summed E-state index contributed by atoms with van der Waals surface area (Å²) < 4.78 is 37.7. The Balaban J connectivity index is 1.24. The van der Waals surface area contributed by atoms with Gasteiger partial charge in [0.05, 0.1) is 5.75 Å². The van der Waals surface area contributed by atoms with Crippen molar-refractivity contribution in [2.24, 2.45) is 0 Å². The van der Waals surface area contributed by atoms with Crippen LogP contribution in [0.1, 0.15) is 54.1 Å². The van der Waals surface area contributed by atoms with E-state index in [1.54, 1.807) is 23.9 Å². The first kappa shape index (κ1) is 27.1. The van der Waals surface area contributed by atoms with E-state index in [9.17, 15) is 13.2 Å². The molecule has 8 heteroatoms. The number of hydrogen-bond acceptors (Lipinski definition) is 6. The summed E-state index contributed by atoms with van der Waals surface area (Å²) in [6.07, 6.45) is 3.44. The number of carbonyl (C=O) groups is 1. The fourth-order valence-electron chi connectivity index (χ4n) is 4.03. The molecule has 1 aliphatic heterocycles. The standard InChI is InChI=1S/C29H33NO5S2/c1-2-3-4-5-18-37(32,33)30-29(31)25-12-8-23(9-13-25)21-36-20-22-6-10-24(11-7-22)26-14-15-27-28(19-26)35-17-16-34-27/h6-15,19H,2-5,16-18,20-21H2,1H3,(H,30,31). The molecule has 6 nitrogen and oxygen atoms in total. The minimum atomic E-state index is -3.60. The third kappa shape index (κ3) is 8.01. The summed E-state index contributed by atoms with van der Waals surface area (Å²) in [7, 11) is -3.60. The normalized spacial score (nSPS) is 12.8. The van der Waals surface area contributed by atoms with E-state index in [2.05, 4.69) is 35.9 Å². The fourth-order valence-corrected chi connectivity index (χ4v) is 6.07. The molecule has 0 fully saturated rings. The number of benzene rings is 3. The molecule has 0 bridgehead atoms. The summed E-state index contributed by atoms with van der Waals surface area (Å²) in [6.45, 7) is 3.23. The van der Waals surface area contributed by atoms with E-state index in [0.717, 1.165) is 59.0 Å². The Hall–Kier alpha value is -2.97. The number of hydrogen-bond donors (Lipinski definition) is 1. The van der Waals surface area contributed by atoms with E-state index in [4.69, 9.17) is 9.47 Å². The molecule has 0 unspecified atom stereocenters. The van der Waals surface area contributed by atoms with Gasteiger partial charge in [-0.2, -0.15) is 11.8 Å². The molecular weight excluding hydrogens is 506 g/mol. The monoisotopic (exact) mass is 539 g/mol. The van der Waals surface area contributed by atoms with E-state index in [0.29, 0.717) is 25.2 Å². The highest BCUT2D eigenvalue weighted by Gasteiger charge is 2.16. The van der Waals surface area contributed by atoms with E-state index in [1.807, 2.05) is 30.3 Å². The molecule has 37 heavy (non-hydrogen) atoms. The van der Waals surface area contributed by atoms with Gasteiger partial charge < -0.3 is 9.47 Å². The first-order valence-corrected chi connectivity index (χ1v) is 15.4. The summed E-state index contributed by atoms with van der Waals surface area (Å²) in [5.74, 6) is 2.63. The second-order valence-electron chi connectivity index (χ2n) is 9.06. The highest BCUT2D eigenvalue weighted by atomic mass is 32.2. The van der Waals surface area contributed by atoms with Crippen LogP contribution in [-0.2, 0) is 21.5 Å². The van der Waals surface area contributed by atoms with Crippen molar-refractivity contribution in [3.63, 3.8) is 0 Å². The minimum Gasteiger partial charge on any atom is -0.486 e. The summed E-state index contributed by atoms with van der Waals surface area (Å²) >= 11 is 1.78. The molecule has 4 rings (SSSR count). The van der Waals surface area contributed by atoms with Crippen molar-refractivity contribution in [1.29, 1.82) is 0 Å². The van der Waals surface area contributed by atoms with Crippen LogP contribution in [0.3, 0.4) is 0 Å². The maximum atomic E-state index is 12.4. The smallest absolute Gasteiger partial charge is 0.264 e. The van der Waals surface area contributed by atoms with Crippen molar-refractivity contribution in [2.45, 2.75) is 44.1 Å². The summed E-state index contributed by atoms with van der Waals surface area (Å²) in [6, 6.07) is 21.6. The predicted octanol–water partition coefficient (Wildman–Crippen LogP) is 6.20. The molecule has 0 aliphatic carbocycles. The van der Waals surface area contributed by atoms with Crippen LogP contribution in [0.5, 0.6) is 11.5 Å². The van der Waals surface area contributed by atoms with E-state index >= 15 is 0 Å². The zero-order valence-corrected chi connectivity index (χ0v) is 22.7. The Labute approximate surface area is 223 Å². The zero-order chi connectivity index (χ0) is 26.1.